The molecule has 2 heterocycles. The smallest absolute Gasteiger partial charge is 0.263 e. The number of hydrogen-bond donors (Lipinski definition) is 2. The number of carbonyl (C=O) groups excluding carboxylic acids is 1. The molecule has 4 nitrogen and oxygen atoms in total. The van der Waals surface area contributed by atoms with Crippen LogP contribution in [0, 0.1) is 6.92 Å². The molecule has 24 heavy (non-hydrogen) atoms. The molecule has 1 amide bonds. The van der Waals surface area contributed by atoms with Gasteiger partial charge in [0.1, 0.15) is 9.88 Å². The van der Waals surface area contributed by atoms with E-state index in [1.165, 1.54) is 11.3 Å². The molecule has 8 heteroatoms. The minimum Gasteiger partial charge on any atom is -0.347 e. The van der Waals surface area contributed by atoms with E-state index in [9.17, 15) is 4.79 Å². The summed E-state index contributed by atoms with van der Waals surface area (Å²) in [7, 11) is 0. The quantitative estimate of drug-likeness (QED) is 0.804. The van der Waals surface area contributed by atoms with Crippen molar-refractivity contribution < 1.29 is 4.79 Å². The molecule has 1 atom stereocenters. The van der Waals surface area contributed by atoms with Gasteiger partial charge in [-0.15, -0.1) is 36.2 Å². The molecule has 0 spiro atoms. The summed E-state index contributed by atoms with van der Waals surface area (Å²) in [6.45, 7) is 3.74. The van der Waals surface area contributed by atoms with E-state index in [1.54, 1.807) is 0 Å². The first-order valence-electron chi connectivity index (χ1n) is 7.38. The lowest BCUT2D eigenvalue weighted by Gasteiger charge is -2.23. The summed E-state index contributed by atoms with van der Waals surface area (Å²) >= 11 is 7.44. The van der Waals surface area contributed by atoms with Gasteiger partial charge in [0.2, 0.25) is 0 Å². The number of halogens is 3. The zero-order chi connectivity index (χ0) is 15.5. The van der Waals surface area contributed by atoms with Crippen LogP contribution in [0.5, 0.6) is 0 Å². The van der Waals surface area contributed by atoms with E-state index in [0.29, 0.717) is 9.90 Å². The van der Waals surface area contributed by atoms with E-state index in [4.69, 9.17) is 11.6 Å². The molecule has 1 aliphatic heterocycles. The van der Waals surface area contributed by atoms with Gasteiger partial charge in [-0.3, -0.25) is 4.79 Å². The Kier molecular flexibility index (Phi) is 8.46. The van der Waals surface area contributed by atoms with Gasteiger partial charge in [-0.25, -0.2) is 4.98 Å². The lowest BCUT2D eigenvalue weighted by Crippen LogP contribution is -2.45. The summed E-state index contributed by atoms with van der Waals surface area (Å²) in [5.41, 5.74) is 1.71. The van der Waals surface area contributed by atoms with Gasteiger partial charge in [0.05, 0.1) is 5.69 Å². The monoisotopic (exact) mass is 407 g/mol. The Bertz CT molecular complexity index is 687. The number of thiazole rings is 1. The predicted octanol–water partition coefficient (Wildman–Crippen LogP) is 4.10. The number of aromatic nitrogens is 1. The second-order valence-electron chi connectivity index (χ2n) is 5.46. The first kappa shape index (κ1) is 21.2. The minimum atomic E-state index is -0.0306. The second-order valence-corrected chi connectivity index (χ2v) is 6.90. The van der Waals surface area contributed by atoms with Gasteiger partial charge in [-0.2, -0.15) is 0 Å². The number of benzene rings is 1. The van der Waals surface area contributed by atoms with Crippen molar-refractivity contribution in [2.45, 2.75) is 25.8 Å². The lowest BCUT2D eigenvalue weighted by molar-refractivity contribution is 0.0934. The van der Waals surface area contributed by atoms with Crippen LogP contribution < -0.4 is 10.6 Å². The fourth-order valence-electron chi connectivity index (χ4n) is 2.58. The molecule has 3 rings (SSSR count). The molecule has 1 fully saturated rings. The van der Waals surface area contributed by atoms with Gasteiger partial charge in [-0.1, -0.05) is 23.7 Å². The highest BCUT2D eigenvalue weighted by molar-refractivity contribution is 7.17. The summed E-state index contributed by atoms with van der Waals surface area (Å²) in [5.74, 6) is -0.0306. The highest BCUT2D eigenvalue weighted by Crippen LogP contribution is 2.29. The molecule has 0 radical (unpaired) electrons. The SMILES string of the molecule is Cc1nc(-c2cccc(Cl)c2)sc1C(=O)N[C@H]1CCCNC1.Cl.Cl. The van der Waals surface area contributed by atoms with Crippen molar-refractivity contribution in [1.29, 1.82) is 0 Å². The Morgan fingerprint density at radius 3 is 2.88 bits per heavy atom. The maximum absolute atomic E-state index is 12.5. The zero-order valence-corrected chi connectivity index (χ0v) is 16.4. The molecule has 0 aliphatic carbocycles. The average molecular weight is 409 g/mol. The molecule has 132 valence electrons. The maximum atomic E-state index is 12.5. The van der Waals surface area contributed by atoms with Crippen LogP contribution >= 0.6 is 47.8 Å². The number of nitrogens with zero attached hydrogens (tertiary/aromatic N) is 1. The Labute approximate surface area is 163 Å². The Balaban J connectivity index is 0.00000144. The number of hydrogen-bond acceptors (Lipinski definition) is 4. The summed E-state index contributed by atoms with van der Waals surface area (Å²) in [5, 5.41) is 7.89. The molecule has 1 aliphatic rings. The molecule has 1 saturated heterocycles. The first-order valence-corrected chi connectivity index (χ1v) is 8.58. The van der Waals surface area contributed by atoms with Crippen LogP contribution in [0.2, 0.25) is 5.02 Å². The van der Waals surface area contributed by atoms with Gasteiger partial charge in [0, 0.05) is 23.2 Å². The van der Waals surface area contributed by atoms with Crippen LogP contribution in [-0.4, -0.2) is 30.0 Å². The van der Waals surface area contributed by atoms with Crippen molar-refractivity contribution in [1.82, 2.24) is 15.6 Å². The average Bonchev–Trinajstić information content (AvgIpc) is 2.90. The van der Waals surface area contributed by atoms with E-state index >= 15 is 0 Å². The predicted molar refractivity (Wildman–Crippen MR) is 105 cm³/mol. The Morgan fingerprint density at radius 1 is 1.42 bits per heavy atom. The summed E-state index contributed by atoms with van der Waals surface area (Å²) < 4.78 is 0. The molecule has 2 aromatic rings. The highest BCUT2D eigenvalue weighted by Gasteiger charge is 2.20. The molecule has 1 aromatic carbocycles. The fourth-order valence-corrected chi connectivity index (χ4v) is 3.73. The minimum absolute atomic E-state index is 0. The van der Waals surface area contributed by atoms with E-state index in [0.717, 1.165) is 42.2 Å². The lowest BCUT2D eigenvalue weighted by atomic mass is 10.1. The third kappa shape index (κ3) is 5.07. The van der Waals surface area contributed by atoms with Crippen LogP contribution in [0.15, 0.2) is 24.3 Å². The van der Waals surface area contributed by atoms with Gasteiger partial charge in [0.15, 0.2) is 0 Å². The van der Waals surface area contributed by atoms with Crippen LogP contribution in [0.25, 0.3) is 10.6 Å². The maximum Gasteiger partial charge on any atom is 0.263 e. The number of piperidine rings is 1. The van der Waals surface area contributed by atoms with Crippen molar-refractivity contribution in [3.8, 4) is 10.6 Å². The molecule has 0 bridgehead atoms. The third-order valence-electron chi connectivity index (χ3n) is 3.71. The van der Waals surface area contributed by atoms with Crippen molar-refractivity contribution in [2.75, 3.05) is 13.1 Å². The van der Waals surface area contributed by atoms with Crippen LogP contribution in [0.1, 0.15) is 28.2 Å². The van der Waals surface area contributed by atoms with E-state index in [1.807, 2.05) is 31.2 Å². The van der Waals surface area contributed by atoms with E-state index in [-0.39, 0.29) is 36.8 Å². The van der Waals surface area contributed by atoms with Crippen molar-refractivity contribution >= 4 is 53.7 Å². The van der Waals surface area contributed by atoms with E-state index < -0.39 is 0 Å². The van der Waals surface area contributed by atoms with E-state index in [2.05, 4.69) is 15.6 Å². The Hall–Kier alpha value is -0.850. The summed E-state index contributed by atoms with van der Waals surface area (Å²) in [6.07, 6.45) is 2.12. The van der Waals surface area contributed by atoms with Gasteiger partial charge >= 0.3 is 0 Å². The molecule has 1 aromatic heterocycles. The number of carbonyl (C=O) groups is 1. The van der Waals surface area contributed by atoms with Crippen molar-refractivity contribution in [2.24, 2.45) is 0 Å². The molecule has 0 saturated carbocycles. The largest absolute Gasteiger partial charge is 0.347 e. The molecule has 2 N–H and O–H groups in total. The third-order valence-corrected chi connectivity index (χ3v) is 5.15. The van der Waals surface area contributed by atoms with Crippen molar-refractivity contribution in [3.63, 3.8) is 0 Å². The van der Waals surface area contributed by atoms with Gasteiger partial charge < -0.3 is 10.6 Å². The Morgan fingerprint density at radius 2 is 2.21 bits per heavy atom. The number of nitrogens with one attached hydrogen (secondary N) is 2. The zero-order valence-electron chi connectivity index (χ0n) is 13.2. The first-order chi connectivity index (χ1) is 10.6. The standard InChI is InChI=1S/C16H18ClN3OS.2ClH/c1-10-14(15(21)20-13-6-3-7-18-9-13)22-16(19-10)11-4-2-5-12(17)8-11;;/h2,4-5,8,13,18H,3,6-7,9H2,1H3,(H,20,21);2*1H/t13-;;/m0../s1. The highest BCUT2D eigenvalue weighted by atomic mass is 35.5. The normalized spacial score (nSPS) is 16.7. The number of amides is 1. The summed E-state index contributed by atoms with van der Waals surface area (Å²) in [6, 6.07) is 7.75. The van der Waals surface area contributed by atoms with Crippen molar-refractivity contribution in [3.05, 3.63) is 39.9 Å². The molecular formula is C16H20Cl3N3OS. The summed E-state index contributed by atoms with van der Waals surface area (Å²) in [4.78, 5) is 17.7. The van der Waals surface area contributed by atoms with Crippen LogP contribution in [-0.2, 0) is 0 Å². The van der Waals surface area contributed by atoms with Gasteiger partial charge in [-0.05, 0) is 38.4 Å². The van der Waals surface area contributed by atoms with Gasteiger partial charge in [0.25, 0.3) is 5.91 Å². The van der Waals surface area contributed by atoms with Crippen LogP contribution in [0.4, 0.5) is 0 Å². The van der Waals surface area contributed by atoms with Crippen LogP contribution in [0.3, 0.4) is 0 Å². The fraction of sp³-hybridized carbons (Fsp3) is 0.375. The second kappa shape index (κ2) is 9.59. The topological polar surface area (TPSA) is 54.0 Å². The molecule has 0 unspecified atom stereocenters. The number of aryl methyl sites for hydroxylation is 1. The number of rotatable bonds is 3. The molecular weight excluding hydrogens is 389 g/mol.